The number of fused-ring (bicyclic) bond motifs is 9. The van der Waals surface area contributed by atoms with Crippen LogP contribution in [0.4, 0.5) is 34.1 Å². The van der Waals surface area contributed by atoms with Gasteiger partial charge in [-0.25, -0.2) is 0 Å². The van der Waals surface area contributed by atoms with Crippen molar-refractivity contribution in [3.05, 3.63) is 182 Å². The third-order valence-corrected chi connectivity index (χ3v) is 12.6. The highest BCUT2D eigenvalue weighted by atomic mass is 32.1. The van der Waals surface area contributed by atoms with Gasteiger partial charge in [0.05, 0.1) is 10.4 Å². The summed E-state index contributed by atoms with van der Waals surface area (Å²) in [7, 11) is 0. The lowest BCUT2D eigenvalue weighted by atomic mass is 10.1. The number of hydrogen-bond donors (Lipinski definition) is 0. The first-order valence-corrected chi connectivity index (χ1v) is 19.4. The Morgan fingerprint density at radius 1 is 0.321 bits per heavy atom. The van der Waals surface area contributed by atoms with Crippen molar-refractivity contribution in [1.29, 1.82) is 0 Å². The van der Waals surface area contributed by atoms with Crippen LogP contribution in [0, 0.1) is 0 Å². The van der Waals surface area contributed by atoms with Gasteiger partial charge in [0.25, 0.3) is 0 Å². The lowest BCUT2D eigenvalue weighted by Crippen LogP contribution is -2.09. The number of anilines is 6. The van der Waals surface area contributed by atoms with Crippen molar-refractivity contribution in [2.45, 2.75) is 0 Å². The van der Waals surface area contributed by atoms with Gasteiger partial charge < -0.3 is 14.2 Å². The summed E-state index contributed by atoms with van der Waals surface area (Å²) in [5.41, 5.74) is 8.49. The minimum Gasteiger partial charge on any atom is -0.456 e. The van der Waals surface area contributed by atoms with E-state index in [0.717, 1.165) is 50.4 Å². The van der Waals surface area contributed by atoms with Gasteiger partial charge >= 0.3 is 0 Å². The smallest absolute Gasteiger partial charge is 0.137 e. The van der Waals surface area contributed by atoms with Crippen LogP contribution in [-0.4, -0.2) is 0 Å². The van der Waals surface area contributed by atoms with Gasteiger partial charge in [-0.05, 0) is 78.9 Å². The molecule has 0 radical (unpaired) electrons. The van der Waals surface area contributed by atoms with Crippen LogP contribution in [0.2, 0.25) is 0 Å². The third-order valence-electron chi connectivity index (χ3n) is 10.2. The Bertz CT molecular complexity index is 3140. The predicted octanol–water partition coefficient (Wildman–Crippen LogP) is 15.3. The molecule has 0 aliphatic carbocycles. The summed E-state index contributed by atoms with van der Waals surface area (Å²) in [4.78, 5) is 4.75. The molecule has 11 rings (SSSR count). The Hall–Kier alpha value is -6.40. The fourth-order valence-corrected chi connectivity index (χ4v) is 10.2. The van der Waals surface area contributed by atoms with Crippen LogP contribution in [0.3, 0.4) is 0 Å². The van der Waals surface area contributed by atoms with Gasteiger partial charge in [-0.2, -0.15) is 0 Å². The molecule has 0 saturated carbocycles. The van der Waals surface area contributed by atoms with Gasteiger partial charge in [-0.1, -0.05) is 97.1 Å². The van der Waals surface area contributed by atoms with Crippen molar-refractivity contribution in [1.82, 2.24) is 0 Å². The van der Waals surface area contributed by atoms with Gasteiger partial charge in [-0.15, -0.1) is 22.7 Å². The first-order chi connectivity index (χ1) is 26.3. The van der Waals surface area contributed by atoms with Crippen molar-refractivity contribution >= 4 is 119 Å². The molecule has 0 unspecified atom stereocenters. The minimum absolute atomic E-state index is 0.882. The van der Waals surface area contributed by atoms with Crippen molar-refractivity contribution < 1.29 is 4.42 Å². The summed E-state index contributed by atoms with van der Waals surface area (Å²) in [5, 5.41) is 7.39. The molecule has 0 N–H and O–H groups in total. The Balaban J connectivity index is 1.08. The molecule has 53 heavy (non-hydrogen) atoms. The van der Waals surface area contributed by atoms with Crippen LogP contribution in [0.25, 0.3) is 62.3 Å². The van der Waals surface area contributed by atoms with E-state index in [1.165, 1.54) is 46.0 Å². The van der Waals surface area contributed by atoms with E-state index in [4.69, 9.17) is 4.42 Å². The Morgan fingerprint density at radius 2 is 0.849 bits per heavy atom. The van der Waals surface area contributed by atoms with E-state index in [-0.39, 0.29) is 0 Å². The second kappa shape index (κ2) is 12.1. The molecule has 0 aliphatic heterocycles. The lowest BCUT2D eigenvalue weighted by molar-refractivity contribution is 0.669. The third kappa shape index (κ3) is 4.93. The number of hydrogen-bond acceptors (Lipinski definition) is 5. The molecule has 0 saturated heterocycles. The number of benzene rings is 8. The first kappa shape index (κ1) is 30.2. The lowest BCUT2D eigenvalue weighted by Gasteiger charge is -2.26. The molecular formula is C48H30N2OS2. The molecule has 0 amide bonds. The van der Waals surface area contributed by atoms with Gasteiger partial charge in [-0.3, -0.25) is 0 Å². The van der Waals surface area contributed by atoms with Crippen molar-refractivity contribution in [2.75, 3.05) is 9.80 Å². The maximum absolute atomic E-state index is 6.34. The van der Waals surface area contributed by atoms with Crippen LogP contribution >= 0.6 is 22.7 Å². The van der Waals surface area contributed by atoms with Crippen LogP contribution in [0.15, 0.2) is 186 Å². The molecule has 5 heteroatoms. The minimum atomic E-state index is 0.882. The highest BCUT2D eigenvalue weighted by Gasteiger charge is 2.21. The summed E-state index contributed by atoms with van der Waals surface area (Å²) >= 11 is 3.71. The van der Waals surface area contributed by atoms with Gasteiger partial charge in [0.2, 0.25) is 0 Å². The van der Waals surface area contributed by atoms with Gasteiger partial charge in [0, 0.05) is 80.9 Å². The molecule has 3 nitrogen and oxygen atoms in total. The summed E-state index contributed by atoms with van der Waals surface area (Å²) in [6.07, 6.45) is 0. The quantitative estimate of drug-likeness (QED) is 0.171. The number of rotatable bonds is 6. The number of furan rings is 1. The molecular weight excluding hydrogens is 685 g/mol. The van der Waals surface area contributed by atoms with Crippen LogP contribution in [-0.2, 0) is 0 Å². The summed E-state index contributed by atoms with van der Waals surface area (Å²) < 4.78 is 11.4. The maximum Gasteiger partial charge on any atom is 0.137 e. The van der Waals surface area contributed by atoms with Crippen LogP contribution < -0.4 is 9.80 Å². The topological polar surface area (TPSA) is 19.6 Å². The van der Waals surface area contributed by atoms with Gasteiger partial charge in [0.1, 0.15) is 11.2 Å². The molecule has 8 aromatic carbocycles. The molecule has 0 spiro atoms. The molecule has 250 valence electrons. The largest absolute Gasteiger partial charge is 0.456 e. The van der Waals surface area contributed by atoms with E-state index >= 15 is 0 Å². The Labute approximate surface area is 313 Å². The summed E-state index contributed by atoms with van der Waals surface area (Å²) in [6, 6.07) is 65.4. The zero-order chi connectivity index (χ0) is 34.9. The molecule has 3 aromatic heterocycles. The Morgan fingerprint density at radius 3 is 1.62 bits per heavy atom. The highest BCUT2D eigenvalue weighted by Crippen LogP contribution is 2.48. The molecule has 0 bridgehead atoms. The van der Waals surface area contributed by atoms with Crippen molar-refractivity contribution in [3.63, 3.8) is 0 Å². The second-order valence-electron chi connectivity index (χ2n) is 13.3. The number of nitrogens with zero attached hydrogens (tertiary/aromatic N) is 2. The van der Waals surface area contributed by atoms with E-state index in [0.29, 0.717) is 0 Å². The van der Waals surface area contributed by atoms with E-state index in [1.807, 2.05) is 34.8 Å². The van der Waals surface area contributed by atoms with Crippen molar-refractivity contribution in [3.8, 4) is 0 Å². The number of thiophene rings is 2. The van der Waals surface area contributed by atoms with E-state index in [9.17, 15) is 0 Å². The van der Waals surface area contributed by atoms with Gasteiger partial charge in [0.15, 0.2) is 0 Å². The maximum atomic E-state index is 6.34. The van der Waals surface area contributed by atoms with Crippen LogP contribution in [0.1, 0.15) is 0 Å². The number of para-hydroxylation sites is 3. The molecule has 0 fully saturated rings. The monoisotopic (exact) mass is 714 g/mol. The summed E-state index contributed by atoms with van der Waals surface area (Å²) in [5.74, 6) is 0. The fourth-order valence-electron chi connectivity index (χ4n) is 7.82. The first-order valence-electron chi connectivity index (χ1n) is 17.8. The predicted molar refractivity (Wildman–Crippen MR) is 229 cm³/mol. The van der Waals surface area contributed by atoms with E-state index in [1.54, 1.807) is 0 Å². The Kier molecular flexibility index (Phi) is 6.90. The summed E-state index contributed by atoms with van der Waals surface area (Å²) in [6.45, 7) is 0. The fraction of sp³-hybridized carbons (Fsp3) is 0. The van der Waals surface area contributed by atoms with E-state index in [2.05, 4.69) is 180 Å². The molecule has 3 heterocycles. The standard InChI is InChI=1S/C48H30N2OS2/c1-3-12-31(13-4-1)49(33-22-25-37-36-16-7-9-20-43(36)51-44(37)28-33)34-23-27-40-41-18-11-19-42(48(41)53-47(40)29-34)50(32-14-5-2-6-15-32)35-24-26-39-38-17-8-10-21-45(38)52-46(39)30-35/h1-30H. The highest BCUT2D eigenvalue weighted by molar-refractivity contribution is 7.26. The normalized spacial score (nSPS) is 11.8. The molecule has 0 aliphatic rings. The van der Waals surface area contributed by atoms with Crippen molar-refractivity contribution in [2.24, 2.45) is 0 Å². The molecule has 11 aromatic rings. The average molecular weight is 715 g/mol. The zero-order valence-electron chi connectivity index (χ0n) is 28.4. The average Bonchev–Trinajstić information content (AvgIpc) is 3.90. The second-order valence-corrected chi connectivity index (χ2v) is 15.5. The van der Waals surface area contributed by atoms with E-state index < -0.39 is 0 Å². The SMILES string of the molecule is c1ccc(N(c2ccc3c(c2)oc2ccccc23)c2ccc3c(c2)sc2c(N(c4ccccc4)c4ccc5c(c4)sc4ccccc45)cccc23)cc1. The molecule has 0 atom stereocenters. The zero-order valence-corrected chi connectivity index (χ0v) is 30.1. The van der Waals surface area contributed by atoms with Crippen LogP contribution in [0.5, 0.6) is 0 Å².